The first kappa shape index (κ1) is 16.7. The van der Waals surface area contributed by atoms with Crippen LogP contribution in [0, 0.1) is 6.92 Å². The molecule has 1 unspecified atom stereocenters. The molecule has 1 N–H and O–H groups in total. The third kappa shape index (κ3) is 5.58. The van der Waals surface area contributed by atoms with Gasteiger partial charge in [0.25, 0.3) is 5.91 Å². The van der Waals surface area contributed by atoms with Crippen LogP contribution >= 0.6 is 0 Å². The van der Waals surface area contributed by atoms with Gasteiger partial charge in [-0.1, -0.05) is 55.0 Å². The number of anilines is 1. The van der Waals surface area contributed by atoms with Crippen molar-refractivity contribution in [1.29, 1.82) is 0 Å². The molecule has 0 saturated carbocycles. The summed E-state index contributed by atoms with van der Waals surface area (Å²) in [6, 6.07) is 17.2. The second kappa shape index (κ2) is 8.13. The molecule has 0 aliphatic rings. The van der Waals surface area contributed by atoms with Crippen LogP contribution in [0.4, 0.5) is 5.69 Å². The van der Waals surface area contributed by atoms with E-state index >= 15 is 0 Å². The lowest BCUT2D eigenvalue weighted by Crippen LogP contribution is -2.21. The number of hydrogen-bond donors (Lipinski definition) is 1. The van der Waals surface area contributed by atoms with Crippen molar-refractivity contribution in [3.05, 3.63) is 65.7 Å². The van der Waals surface area contributed by atoms with Gasteiger partial charge in [0.2, 0.25) is 0 Å². The third-order valence-corrected chi connectivity index (χ3v) is 3.54. The van der Waals surface area contributed by atoms with Gasteiger partial charge in [-0.15, -0.1) is 0 Å². The summed E-state index contributed by atoms with van der Waals surface area (Å²) < 4.78 is 5.04. The van der Waals surface area contributed by atoms with E-state index in [2.05, 4.69) is 5.32 Å². The maximum Gasteiger partial charge on any atom is 0.306 e. The highest BCUT2D eigenvalue weighted by Crippen LogP contribution is 2.18. The molecule has 1 atom stereocenters. The van der Waals surface area contributed by atoms with Crippen molar-refractivity contribution in [1.82, 2.24) is 0 Å². The summed E-state index contributed by atoms with van der Waals surface area (Å²) in [6.07, 6.45) is 0.252. The number of aryl methyl sites for hydroxylation is 1. The van der Waals surface area contributed by atoms with Gasteiger partial charge in [-0.2, -0.15) is 0 Å². The molecule has 0 aliphatic heterocycles. The van der Waals surface area contributed by atoms with E-state index in [1.54, 1.807) is 0 Å². The molecular formula is C19H21NO3. The molecule has 0 radical (unpaired) electrons. The largest absolute Gasteiger partial charge is 0.456 e. The molecule has 2 rings (SSSR count). The van der Waals surface area contributed by atoms with Crippen molar-refractivity contribution in [2.45, 2.75) is 26.2 Å². The van der Waals surface area contributed by atoms with Crippen LogP contribution in [0.3, 0.4) is 0 Å². The molecular weight excluding hydrogens is 290 g/mol. The zero-order valence-electron chi connectivity index (χ0n) is 13.4. The van der Waals surface area contributed by atoms with Gasteiger partial charge in [-0.05, 0) is 30.5 Å². The van der Waals surface area contributed by atoms with E-state index in [1.807, 2.05) is 68.4 Å². The Morgan fingerprint density at radius 1 is 1.04 bits per heavy atom. The van der Waals surface area contributed by atoms with E-state index in [-0.39, 0.29) is 30.8 Å². The third-order valence-electron chi connectivity index (χ3n) is 3.54. The monoisotopic (exact) mass is 311 g/mol. The molecule has 0 bridgehead atoms. The molecule has 0 fully saturated rings. The number of carbonyl (C=O) groups excluding carboxylic acids is 2. The molecule has 0 aliphatic carbocycles. The van der Waals surface area contributed by atoms with Crippen LogP contribution in [0.5, 0.6) is 0 Å². The Hall–Kier alpha value is -2.62. The topological polar surface area (TPSA) is 55.4 Å². The van der Waals surface area contributed by atoms with Crippen molar-refractivity contribution < 1.29 is 14.3 Å². The van der Waals surface area contributed by atoms with Crippen molar-refractivity contribution in [2.75, 3.05) is 11.9 Å². The highest BCUT2D eigenvalue weighted by molar-refractivity contribution is 5.92. The number of esters is 1. The Balaban J connectivity index is 1.75. The van der Waals surface area contributed by atoms with Crippen LogP contribution in [0.1, 0.15) is 30.4 Å². The summed E-state index contributed by atoms with van der Waals surface area (Å²) in [6.45, 7) is 3.67. The molecule has 2 aromatic rings. The molecule has 0 aromatic heterocycles. The second-order valence-corrected chi connectivity index (χ2v) is 5.59. The predicted molar refractivity (Wildman–Crippen MR) is 90.2 cm³/mol. The SMILES string of the molecule is Cc1ccc(NC(=O)COC(=O)CC(C)c2ccccc2)cc1. The normalized spacial score (nSPS) is 11.6. The summed E-state index contributed by atoms with van der Waals surface area (Å²) in [5.41, 5.74) is 2.88. The number of ether oxygens (including phenoxy) is 1. The lowest BCUT2D eigenvalue weighted by atomic mass is 9.98. The van der Waals surface area contributed by atoms with E-state index in [9.17, 15) is 9.59 Å². The maximum absolute atomic E-state index is 11.8. The van der Waals surface area contributed by atoms with Crippen LogP contribution < -0.4 is 5.32 Å². The van der Waals surface area contributed by atoms with E-state index < -0.39 is 0 Å². The first-order valence-electron chi connectivity index (χ1n) is 7.61. The fourth-order valence-corrected chi connectivity index (χ4v) is 2.19. The minimum Gasteiger partial charge on any atom is -0.456 e. The minimum atomic E-state index is -0.375. The van der Waals surface area contributed by atoms with Crippen LogP contribution in [0.25, 0.3) is 0 Å². The van der Waals surface area contributed by atoms with Gasteiger partial charge in [0, 0.05) is 5.69 Å². The summed E-state index contributed by atoms with van der Waals surface area (Å²) in [4.78, 5) is 23.6. The first-order chi connectivity index (χ1) is 11.0. The van der Waals surface area contributed by atoms with Crippen LogP contribution in [-0.2, 0) is 14.3 Å². The molecule has 2 aromatic carbocycles. The second-order valence-electron chi connectivity index (χ2n) is 5.59. The average Bonchev–Trinajstić information content (AvgIpc) is 2.56. The number of nitrogens with one attached hydrogen (secondary N) is 1. The van der Waals surface area contributed by atoms with Gasteiger partial charge in [-0.3, -0.25) is 9.59 Å². The van der Waals surface area contributed by atoms with Crippen LogP contribution in [0.15, 0.2) is 54.6 Å². The van der Waals surface area contributed by atoms with Gasteiger partial charge in [0.15, 0.2) is 6.61 Å². The molecule has 0 heterocycles. The average molecular weight is 311 g/mol. The summed E-state index contributed by atoms with van der Waals surface area (Å²) in [7, 11) is 0. The van der Waals surface area contributed by atoms with Gasteiger partial charge in [0.05, 0.1) is 6.42 Å². The van der Waals surface area contributed by atoms with E-state index in [4.69, 9.17) is 4.74 Å². The van der Waals surface area contributed by atoms with Gasteiger partial charge in [-0.25, -0.2) is 0 Å². The number of benzene rings is 2. The lowest BCUT2D eigenvalue weighted by Gasteiger charge is -2.11. The number of carbonyl (C=O) groups is 2. The van der Waals surface area contributed by atoms with E-state index in [0.717, 1.165) is 11.1 Å². The Morgan fingerprint density at radius 2 is 1.70 bits per heavy atom. The molecule has 4 heteroatoms. The van der Waals surface area contributed by atoms with Gasteiger partial charge in [0.1, 0.15) is 0 Å². The Morgan fingerprint density at radius 3 is 2.35 bits per heavy atom. The molecule has 0 saturated heterocycles. The number of hydrogen-bond acceptors (Lipinski definition) is 3. The Labute approximate surface area is 136 Å². The highest BCUT2D eigenvalue weighted by atomic mass is 16.5. The fraction of sp³-hybridized carbons (Fsp3) is 0.263. The fourth-order valence-electron chi connectivity index (χ4n) is 2.19. The first-order valence-corrected chi connectivity index (χ1v) is 7.61. The summed E-state index contributed by atoms with van der Waals surface area (Å²) >= 11 is 0. The van der Waals surface area contributed by atoms with Crippen LogP contribution in [0.2, 0.25) is 0 Å². The van der Waals surface area contributed by atoms with Crippen molar-refractivity contribution in [3.63, 3.8) is 0 Å². The van der Waals surface area contributed by atoms with Gasteiger partial charge >= 0.3 is 5.97 Å². The quantitative estimate of drug-likeness (QED) is 0.828. The Kier molecular flexibility index (Phi) is 5.92. The minimum absolute atomic E-state index is 0.0591. The summed E-state index contributed by atoms with van der Waals surface area (Å²) in [5.74, 6) is -0.654. The molecule has 23 heavy (non-hydrogen) atoms. The number of amides is 1. The molecule has 0 spiro atoms. The lowest BCUT2D eigenvalue weighted by molar-refractivity contribution is -0.147. The maximum atomic E-state index is 11.8. The predicted octanol–water partition coefficient (Wildman–Crippen LogP) is 3.67. The highest BCUT2D eigenvalue weighted by Gasteiger charge is 2.13. The van der Waals surface area contributed by atoms with Gasteiger partial charge < -0.3 is 10.1 Å². The van der Waals surface area contributed by atoms with E-state index in [1.165, 1.54) is 0 Å². The van der Waals surface area contributed by atoms with Crippen LogP contribution in [-0.4, -0.2) is 18.5 Å². The van der Waals surface area contributed by atoms with E-state index in [0.29, 0.717) is 5.69 Å². The zero-order valence-corrected chi connectivity index (χ0v) is 13.4. The molecule has 4 nitrogen and oxygen atoms in total. The Bertz CT molecular complexity index is 650. The van der Waals surface area contributed by atoms with Crippen molar-refractivity contribution in [3.8, 4) is 0 Å². The smallest absolute Gasteiger partial charge is 0.306 e. The zero-order chi connectivity index (χ0) is 16.7. The van der Waals surface area contributed by atoms with Crippen molar-refractivity contribution in [2.24, 2.45) is 0 Å². The molecule has 120 valence electrons. The van der Waals surface area contributed by atoms with Crippen molar-refractivity contribution >= 4 is 17.6 Å². The number of rotatable bonds is 6. The molecule has 1 amide bonds. The standard InChI is InChI=1S/C19H21NO3/c1-14-8-10-17(11-9-14)20-18(21)13-23-19(22)12-15(2)16-6-4-3-5-7-16/h3-11,15H,12-13H2,1-2H3,(H,20,21). The summed E-state index contributed by atoms with van der Waals surface area (Å²) in [5, 5.41) is 2.69.